The molecule has 0 radical (unpaired) electrons. The van der Waals surface area contributed by atoms with E-state index in [1.807, 2.05) is 0 Å². The van der Waals surface area contributed by atoms with Gasteiger partial charge in [-0.3, -0.25) is 4.99 Å². The van der Waals surface area contributed by atoms with Crippen LogP contribution in [-0.4, -0.2) is 11.8 Å². The Balaban J connectivity index is 2.40. The van der Waals surface area contributed by atoms with Crippen molar-refractivity contribution in [3.05, 3.63) is 35.4 Å². The maximum atomic E-state index is 4.69. The second kappa shape index (κ2) is 3.95. The number of fused-ring (bicyclic) bond motifs is 1. The van der Waals surface area contributed by atoms with Crippen molar-refractivity contribution in [2.75, 3.05) is 0 Å². The van der Waals surface area contributed by atoms with Crippen molar-refractivity contribution in [1.29, 1.82) is 0 Å². The van der Waals surface area contributed by atoms with E-state index in [9.17, 15) is 0 Å². The Morgan fingerprint density at radius 3 is 2.71 bits per heavy atom. The standard InChI is InChI=1S/C13H17N/c1-10(2)14-13-9-5-7-11-6-3-4-8-12(11)13/h3-4,6,8,10H,5,7,9H2,1-2H3. The third-order valence-electron chi connectivity index (χ3n) is 2.60. The maximum absolute atomic E-state index is 4.69. The average Bonchev–Trinajstić information content (AvgIpc) is 2.18. The van der Waals surface area contributed by atoms with Crippen molar-refractivity contribution in [2.24, 2.45) is 4.99 Å². The summed E-state index contributed by atoms with van der Waals surface area (Å²) in [4.78, 5) is 4.69. The van der Waals surface area contributed by atoms with Gasteiger partial charge in [-0.15, -0.1) is 0 Å². The molecule has 0 aromatic heterocycles. The highest BCUT2D eigenvalue weighted by molar-refractivity contribution is 6.02. The van der Waals surface area contributed by atoms with Crippen LogP contribution in [0.5, 0.6) is 0 Å². The normalized spacial score (nSPS) is 18.6. The van der Waals surface area contributed by atoms with Gasteiger partial charge >= 0.3 is 0 Å². The predicted octanol–water partition coefficient (Wildman–Crippen LogP) is 3.22. The van der Waals surface area contributed by atoms with E-state index in [0.29, 0.717) is 6.04 Å². The molecule has 74 valence electrons. The van der Waals surface area contributed by atoms with E-state index in [2.05, 4.69) is 38.1 Å². The van der Waals surface area contributed by atoms with Gasteiger partial charge in [-0.05, 0) is 44.2 Å². The third-order valence-corrected chi connectivity index (χ3v) is 2.60. The van der Waals surface area contributed by atoms with Crippen LogP contribution in [0.15, 0.2) is 29.3 Å². The molecule has 0 heterocycles. The van der Waals surface area contributed by atoms with Crippen LogP contribution in [0.4, 0.5) is 0 Å². The summed E-state index contributed by atoms with van der Waals surface area (Å²) in [6.07, 6.45) is 3.62. The van der Waals surface area contributed by atoms with Crippen molar-refractivity contribution in [3.63, 3.8) is 0 Å². The lowest BCUT2D eigenvalue weighted by Gasteiger charge is -2.18. The number of hydrogen-bond acceptors (Lipinski definition) is 1. The monoisotopic (exact) mass is 187 g/mol. The molecule has 0 spiro atoms. The molecule has 0 N–H and O–H groups in total. The highest BCUT2D eigenvalue weighted by Gasteiger charge is 2.14. The van der Waals surface area contributed by atoms with Crippen molar-refractivity contribution in [2.45, 2.75) is 39.2 Å². The molecule has 0 saturated carbocycles. The summed E-state index contributed by atoms with van der Waals surface area (Å²) in [6, 6.07) is 9.08. The molecule has 0 fully saturated rings. The van der Waals surface area contributed by atoms with Gasteiger partial charge in [0.15, 0.2) is 0 Å². The molecule has 1 aromatic rings. The maximum Gasteiger partial charge on any atom is 0.0446 e. The number of nitrogens with zero attached hydrogens (tertiary/aromatic N) is 1. The molecule has 1 aliphatic rings. The first-order valence-corrected chi connectivity index (χ1v) is 5.42. The summed E-state index contributed by atoms with van der Waals surface area (Å²) < 4.78 is 0. The molecular formula is C13H17N. The second-order valence-electron chi connectivity index (χ2n) is 4.18. The van der Waals surface area contributed by atoms with Crippen LogP contribution in [0.2, 0.25) is 0 Å². The summed E-state index contributed by atoms with van der Waals surface area (Å²) in [5.74, 6) is 0. The molecule has 0 unspecified atom stereocenters. The van der Waals surface area contributed by atoms with Gasteiger partial charge in [0.1, 0.15) is 0 Å². The first-order valence-electron chi connectivity index (χ1n) is 5.42. The number of benzene rings is 1. The molecule has 1 nitrogen and oxygen atoms in total. The quantitative estimate of drug-likeness (QED) is 0.640. The van der Waals surface area contributed by atoms with E-state index in [1.165, 1.54) is 29.7 Å². The Morgan fingerprint density at radius 1 is 1.14 bits per heavy atom. The molecule has 14 heavy (non-hydrogen) atoms. The molecule has 0 saturated heterocycles. The molecule has 0 bridgehead atoms. The first kappa shape index (κ1) is 9.45. The number of aliphatic imine (C=N–C) groups is 1. The van der Waals surface area contributed by atoms with E-state index in [-0.39, 0.29) is 0 Å². The molecule has 1 aliphatic carbocycles. The SMILES string of the molecule is CC(C)N=C1CCCc2ccccc21. The number of rotatable bonds is 1. The zero-order chi connectivity index (χ0) is 9.97. The Labute approximate surface area is 85.9 Å². The van der Waals surface area contributed by atoms with Gasteiger partial charge < -0.3 is 0 Å². The third kappa shape index (κ3) is 1.87. The van der Waals surface area contributed by atoms with Gasteiger partial charge in [0, 0.05) is 11.8 Å². The smallest absolute Gasteiger partial charge is 0.0446 e. The summed E-state index contributed by atoms with van der Waals surface area (Å²) in [7, 11) is 0. The Hall–Kier alpha value is -1.11. The molecular weight excluding hydrogens is 170 g/mol. The summed E-state index contributed by atoms with van der Waals surface area (Å²) in [5, 5.41) is 0. The second-order valence-corrected chi connectivity index (χ2v) is 4.18. The van der Waals surface area contributed by atoms with E-state index >= 15 is 0 Å². The van der Waals surface area contributed by atoms with Gasteiger partial charge in [0.2, 0.25) is 0 Å². The van der Waals surface area contributed by atoms with Gasteiger partial charge in [0.25, 0.3) is 0 Å². The Kier molecular flexibility index (Phi) is 2.67. The fourth-order valence-electron chi connectivity index (χ4n) is 2.05. The van der Waals surface area contributed by atoms with Gasteiger partial charge in [-0.25, -0.2) is 0 Å². The lowest BCUT2D eigenvalue weighted by molar-refractivity contribution is 0.794. The predicted molar refractivity (Wildman–Crippen MR) is 61.1 cm³/mol. The zero-order valence-electron chi connectivity index (χ0n) is 8.96. The van der Waals surface area contributed by atoms with E-state index in [4.69, 9.17) is 4.99 Å². The highest BCUT2D eigenvalue weighted by atomic mass is 14.8. The van der Waals surface area contributed by atoms with Crippen LogP contribution in [0.1, 0.15) is 37.8 Å². The van der Waals surface area contributed by atoms with Crippen molar-refractivity contribution in [1.82, 2.24) is 0 Å². The van der Waals surface area contributed by atoms with Gasteiger partial charge in [0.05, 0.1) is 0 Å². The van der Waals surface area contributed by atoms with E-state index in [0.717, 1.165) is 6.42 Å². The molecule has 2 rings (SSSR count). The topological polar surface area (TPSA) is 12.4 Å². The average molecular weight is 187 g/mol. The zero-order valence-corrected chi connectivity index (χ0v) is 8.96. The number of hydrogen-bond donors (Lipinski definition) is 0. The minimum Gasteiger partial charge on any atom is -0.286 e. The van der Waals surface area contributed by atoms with Crippen molar-refractivity contribution < 1.29 is 0 Å². The summed E-state index contributed by atoms with van der Waals surface area (Å²) >= 11 is 0. The minimum absolute atomic E-state index is 0.413. The van der Waals surface area contributed by atoms with Crippen LogP contribution in [0.25, 0.3) is 0 Å². The number of aryl methyl sites for hydroxylation is 1. The van der Waals surface area contributed by atoms with Crippen LogP contribution < -0.4 is 0 Å². The molecule has 0 aliphatic heterocycles. The fraction of sp³-hybridized carbons (Fsp3) is 0.462. The summed E-state index contributed by atoms with van der Waals surface area (Å²) in [6.45, 7) is 4.29. The molecule has 0 amide bonds. The first-order chi connectivity index (χ1) is 6.77. The fourth-order valence-corrected chi connectivity index (χ4v) is 2.05. The lowest BCUT2D eigenvalue weighted by atomic mass is 9.90. The van der Waals surface area contributed by atoms with E-state index in [1.54, 1.807) is 0 Å². The summed E-state index contributed by atoms with van der Waals surface area (Å²) in [5.41, 5.74) is 4.16. The Bertz CT molecular complexity index is 350. The van der Waals surface area contributed by atoms with E-state index < -0.39 is 0 Å². The highest BCUT2D eigenvalue weighted by Crippen LogP contribution is 2.21. The molecule has 1 aromatic carbocycles. The molecule has 1 heteroatoms. The van der Waals surface area contributed by atoms with Crippen LogP contribution in [0, 0.1) is 0 Å². The largest absolute Gasteiger partial charge is 0.286 e. The lowest BCUT2D eigenvalue weighted by Crippen LogP contribution is -2.13. The van der Waals surface area contributed by atoms with Crippen LogP contribution in [0.3, 0.4) is 0 Å². The van der Waals surface area contributed by atoms with Crippen molar-refractivity contribution >= 4 is 5.71 Å². The van der Waals surface area contributed by atoms with Crippen LogP contribution >= 0.6 is 0 Å². The van der Waals surface area contributed by atoms with Crippen LogP contribution in [-0.2, 0) is 6.42 Å². The van der Waals surface area contributed by atoms with Gasteiger partial charge in [-0.2, -0.15) is 0 Å². The molecule has 0 atom stereocenters. The van der Waals surface area contributed by atoms with Crippen molar-refractivity contribution in [3.8, 4) is 0 Å². The minimum atomic E-state index is 0.413. The van der Waals surface area contributed by atoms with Gasteiger partial charge in [-0.1, -0.05) is 24.3 Å². The Morgan fingerprint density at radius 2 is 1.93 bits per heavy atom.